The van der Waals surface area contributed by atoms with Gasteiger partial charge in [-0.25, -0.2) is 5.48 Å². The molecule has 0 spiro atoms. The van der Waals surface area contributed by atoms with Crippen molar-refractivity contribution < 1.29 is 67.2 Å². The summed E-state index contributed by atoms with van der Waals surface area (Å²) in [5.41, 5.74) is 3.43. The molecule has 22 nitrogen and oxygen atoms in total. The predicted octanol–water partition coefficient (Wildman–Crippen LogP) is 0.926. The number of benzene rings is 1. The van der Waals surface area contributed by atoms with E-state index in [0.29, 0.717) is 37.1 Å². The minimum Gasteiger partial charge on any atom is -0.481 e. The third-order valence-electron chi connectivity index (χ3n) is 12.0. The normalized spacial score (nSPS) is 16.2. The van der Waals surface area contributed by atoms with Gasteiger partial charge in [0.1, 0.15) is 0 Å². The Balaban J connectivity index is 1.84. The topological polar surface area (TPSA) is 273 Å². The highest BCUT2D eigenvalue weighted by Crippen LogP contribution is 2.29. The van der Waals surface area contributed by atoms with Crippen LogP contribution < -0.4 is 26.7 Å². The van der Waals surface area contributed by atoms with Crippen molar-refractivity contribution in [3.05, 3.63) is 29.8 Å². The van der Waals surface area contributed by atoms with E-state index < -0.39 is 59.9 Å². The van der Waals surface area contributed by atoms with E-state index in [2.05, 4.69) is 26.7 Å². The van der Waals surface area contributed by atoms with E-state index in [1.165, 1.54) is 14.2 Å². The summed E-state index contributed by atoms with van der Waals surface area (Å²) in [7, 11) is 8.29. The number of rotatable bonds is 33. The standard InChI is InChI=1S/C47H78N8O14/c1-11-31(4)44(54(8)41(60)28-50-47(64)43(30(2)3)53(6)7)36(65-9)25-40(59)55-20-12-13-35(55)45(66-10)32(5)46(63)49-27-39(58)52-69-29-33-14-16-34(17-15-33)51-38(57)26-48-37(56)18-21-67-23-24-68-22-19-42(61)62/h14-17,30-32,35-36,43-45H,11-13,18-29H2,1-10H3,(H,48,56)(H,49,63)(H,50,64)(H,51,57)(H,52,58)(H,61,62)/t31-,32+,35-,36+,43?,44-,45+/m0/s1. The first-order valence-corrected chi connectivity index (χ1v) is 23.5. The van der Waals surface area contributed by atoms with E-state index >= 15 is 0 Å². The van der Waals surface area contributed by atoms with Gasteiger partial charge in [-0.15, -0.1) is 0 Å². The van der Waals surface area contributed by atoms with Gasteiger partial charge in [0.05, 0.1) is 102 Å². The summed E-state index contributed by atoms with van der Waals surface area (Å²) in [5.74, 6) is -4.38. The minimum atomic E-state index is -0.955. The Morgan fingerprint density at radius 1 is 0.783 bits per heavy atom. The van der Waals surface area contributed by atoms with Crippen molar-refractivity contribution in [2.75, 3.05) is 93.3 Å². The zero-order valence-corrected chi connectivity index (χ0v) is 42.1. The summed E-state index contributed by atoms with van der Waals surface area (Å²) in [5, 5.41) is 19.1. The molecule has 1 unspecified atom stereocenters. The molecular formula is C47H78N8O14. The molecule has 0 radical (unpaired) electrons. The van der Waals surface area contributed by atoms with Gasteiger partial charge < -0.3 is 55.1 Å². The Morgan fingerprint density at radius 3 is 1.99 bits per heavy atom. The molecule has 7 amide bonds. The van der Waals surface area contributed by atoms with Gasteiger partial charge in [-0.05, 0) is 56.5 Å². The summed E-state index contributed by atoms with van der Waals surface area (Å²) < 4.78 is 22.1. The van der Waals surface area contributed by atoms with Crippen LogP contribution in [0, 0.1) is 17.8 Å². The van der Waals surface area contributed by atoms with E-state index in [1.807, 2.05) is 46.7 Å². The third-order valence-corrected chi connectivity index (χ3v) is 12.0. The van der Waals surface area contributed by atoms with E-state index in [1.54, 1.807) is 48.0 Å². The molecule has 7 atom stereocenters. The van der Waals surface area contributed by atoms with Crippen LogP contribution in [-0.4, -0.2) is 185 Å². The number of amides is 7. The van der Waals surface area contributed by atoms with E-state index in [9.17, 15) is 38.4 Å². The summed E-state index contributed by atoms with van der Waals surface area (Å²) in [6.45, 7) is 9.72. The molecule has 0 aliphatic carbocycles. The Kier molecular flexibility index (Phi) is 27.6. The zero-order valence-electron chi connectivity index (χ0n) is 42.1. The fraction of sp³-hybridized carbons (Fsp3) is 0.702. The molecule has 0 saturated carbocycles. The summed E-state index contributed by atoms with van der Waals surface area (Å²) in [6, 6.07) is 5.28. The molecule has 2 rings (SSSR count). The van der Waals surface area contributed by atoms with Gasteiger partial charge in [-0.2, -0.15) is 0 Å². The monoisotopic (exact) mass is 979 g/mol. The second-order valence-corrected chi connectivity index (χ2v) is 17.7. The molecule has 1 aliphatic heterocycles. The number of carboxylic acid groups (broad SMARTS) is 1. The van der Waals surface area contributed by atoms with E-state index in [4.69, 9.17) is 28.9 Å². The van der Waals surface area contributed by atoms with Crippen LogP contribution in [0.25, 0.3) is 0 Å². The molecule has 390 valence electrons. The third kappa shape index (κ3) is 21.1. The maximum Gasteiger partial charge on any atom is 0.305 e. The number of hydrogen-bond donors (Lipinski definition) is 6. The summed E-state index contributed by atoms with van der Waals surface area (Å²) >= 11 is 0. The number of anilines is 1. The van der Waals surface area contributed by atoms with Crippen molar-refractivity contribution >= 4 is 53.0 Å². The maximum atomic E-state index is 14.1. The Morgan fingerprint density at radius 2 is 1.41 bits per heavy atom. The average molecular weight is 979 g/mol. The molecule has 69 heavy (non-hydrogen) atoms. The number of ether oxygens (including phenoxy) is 4. The quantitative estimate of drug-likeness (QED) is 0.0423. The fourth-order valence-corrected chi connectivity index (χ4v) is 8.22. The smallest absolute Gasteiger partial charge is 0.305 e. The van der Waals surface area contributed by atoms with Crippen molar-refractivity contribution in [1.82, 2.24) is 36.1 Å². The first kappa shape index (κ1) is 59.9. The molecule has 1 aromatic carbocycles. The number of aliphatic carboxylic acids is 1. The largest absolute Gasteiger partial charge is 0.481 e. The second-order valence-electron chi connectivity index (χ2n) is 17.7. The number of carbonyl (C=O) groups is 8. The molecule has 22 heteroatoms. The Labute approximate surface area is 406 Å². The van der Waals surface area contributed by atoms with Crippen molar-refractivity contribution in [1.29, 1.82) is 0 Å². The lowest BCUT2D eigenvalue weighted by Crippen LogP contribution is -2.55. The van der Waals surface area contributed by atoms with E-state index in [0.717, 1.165) is 0 Å². The highest BCUT2D eigenvalue weighted by molar-refractivity contribution is 5.94. The average Bonchev–Trinajstić information content (AvgIpc) is 3.79. The lowest BCUT2D eigenvalue weighted by molar-refractivity contribution is -0.146. The predicted molar refractivity (Wildman–Crippen MR) is 254 cm³/mol. The van der Waals surface area contributed by atoms with Crippen molar-refractivity contribution in [3.63, 3.8) is 0 Å². The zero-order chi connectivity index (χ0) is 51.6. The molecule has 1 aliphatic rings. The number of likely N-dealkylation sites (N-methyl/N-ethyl adjacent to an activating group) is 2. The molecule has 1 heterocycles. The number of nitrogens with one attached hydrogen (secondary N) is 5. The summed E-state index contributed by atoms with van der Waals surface area (Å²) in [6.07, 6.45) is 0.522. The lowest BCUT2D eigenvalue weighted by Gasteiger charge is -2.39. The Bertz CT molecular complexity index is 1790. The summed E-state index contributed by atoms with van der Waals surface area (Å²) in [4.78, 5) is 112. The molecule has 1 saturated heterocycles. The van der Waals surface area contributed by atoms with Gasteiger partial charge in [-0.3, -0.25) is 48.1 Å². The van der Waals surface area contributed by atoms with Crippen LogP contribution in [0.3, 0.4) is 0 Å². The molecule has 0 aromatic heterocycles. The van der Waals surface area contributed by atoms with Crippen LogP contribution in [0.15, 0.2) is 24.3 Å². The van der Waals surface area contributed by atoms with Crippen LogP contribution >= 0.6 is 0 Å². The van der Waals surface area contributed by atoms with Crippen LogP contribution in [0.1, 0.15) is 78.7 Å². The molecule has 6 N–H and O–H groups in total. The van der Waals surface area contributed by atoms with Crippen molar-refractivity contribution in [2.24, 2.45) is 17.8 Å². The van der Waals surface area contributed by atoms with Crippen LogP contribution in [0.2, 0.25) is 0 Å². The van der Waals surface area contributed by atoms with Gasteiger partial charge in [0.25, 0.3) is 5.91 Å². The number of carbonyl (C=O) groups excluding carboxylic acids is 7. The molecular weight excluding hydrogens is 901 g/mol. The van der Waals surface area contributed by atoms with Gasteiger partial charge in [0.2, 0.25) is 35.4 Å². The highest BCUT2D eigenvalue weighted by atomic mass is 16.7. The second kappa shape index (κ2) is 31.8. The fourth-order valence-electron chi connectivity index (χ4n) is 8.22. The van der Waals surface area contributed by atoms with Crippen LogP contribution in [0.4, 0.5) is 5.69 Å². The van der Waals surface area contributed by atoms with Gasteiger partial charge in [-0.1, -0.05) is 53.2 Å². The number of nitrogens with zero attached hydrogens (tertiary/aromatic N) is 3. The number of hydroxylamine groups is 1. The first-order chi connectivity index (χ1) is 32.7. The molecule has 0 bridgehead atoms. The van der Waals surface area contributed by atoms with Crippen LogP contribution in [-0.2, 0) is 68.7 Å². The molecule has 1 aromatic rings. The number of likely N-dealkylation sites (tertiary alicyclic amines) is 1. The molecule has 1 fully saturated rings. The van der Waals surface area contributed by atoms with Gasteiger partial charge in [0.15, 0.2) is 0 Å². The lowest BCUT2D eigenvalue weighted by atomic mass is 9.90. The van der Waals surface area contributed by atoms with Crippen molar-refractivity contribution in [2.45, 2.75) is 110 Å². The Hall–Kier alpha value is -5.26. The minimum absolute atomic E-state index is 0.0169. The van der Waals surface area contributed by atoms with Gasteiger partial charge in [0, 0.05) is 39.9 Å². The van der Waals surface area contributed by atoms with E-state index in [-0.39, 0.29) is 107 Å². The number of hydrogen-bond acceptors (Lipinski definition) is 14. The first-order valence-electron chi connectivity index (χ1n) is 23.5. The number of methoxy groups -OCH3 is 2. The van der Waals surface area contributed by atoms with Gasteiger partial charge >= 0.3 is 5.97 Å². The van der Waals surface area contributed by atoms with Crippen LogP contribution in [0.5, 0.6) is 0 Å². The van der Waals surface area contributed by atoms with Crippen molar-refractivity contribution in [3.8, 4) is 0 Å². The highest BCUT2D eigenvalue weighted by Gasteiger charge is 2.42. The maximum absolute atomic E-state index is 14.1. The SMILES string of the molecule is CC[C@H](C)[C@@H]([C@@H](CC(=O)N1CCC[C@H]1[C@H](OC)[C@@H](C)C(=O)NCC(=O)NOCc1ccc(NC(=O)CNC(=O)CCOCCOCCC(=O)O)cc1)OC)N(C)C(=O)CNC(=O)C(C(C)C)N(C)C. The number of carboxylic acids is 1.